The summed E-state index contributed by atoms with van der Waals surface area (Å²) >= 11 is 1.14. The highest BCUT2D eigenvalue weighted by Gasteiger charge is 2.41. The summed E-state index contributed by atoms with van der Waals surface area (Å²) in [5.74, 6) is -0.943. The van der Waals surface area contributed by atoms with Crippen molar-refractivity contribution >= 4 is 22.4 Å². The lowest BCUT2D eigenvalue weighted by Crippen LogP contribution is -2.16. The Hall–Kier alpha value is -1.14. The lowest BCUT2D eigenvalue weighted by molar-refractivity contribution is 0.0702. The number of hydrogen-bond donors (Lipinski definition) is 3. The zero-order chi connectivity index (χ0) is 11.6. The van der Waals surface area contributed by atoms with Gasteiger partial charge in [-0.15, -0.1) is 0 Å². The number of aliphatic hydroxyl groups excluding tert-OH is 1. The van der Waals surface area contributed by atoms with Gasteiger partial charge in [-0.2, -0.15) is 0 Å². The highest BCUT2D eigenvalue weighted by molar-refractivity contribution is 7.17. The van der Waals surface area contributed by atoms with Gasteiger partial charge in [-0.05, 0) is 24.7 Å². The summed E-state index contributed by atoms with van der Waals surface area (Å²) < 4.78 is 0. The normalized spacial score (nSPS) is 17.1. The van der Waals surface area contributed by atoms with Crippen molar-refractivity contribution < 1.29 is 15.0 Å². The third-order valence-electron chi connectivity index (χ3n) is 2.93. The van der Waals surface area contributed by atoms with Crippen LogP contribution in [0.1, 0.15) is 28.9 Å². The molecule has 1 aliphatic carbocycles. The maximum absolute atomic E-state index is 10.6. The molecule has 0 aliphatic heterocycles. The van der Waals surface area contributed by atoms with E-state index >= 15 is 0 Å². The first-order chi connectivity index (χ1) is 7.65. The molecule has 0 aromatic carbocycles. The van der Waals surface area contributed by atoms with Crippen LogP contribution in [-0.4, -0.2) is 34.3 Å². The minimum absolute atomic E-state index is 0.208. The molecule has 0 amide bonds. The summed E-state index contributed by atoms with van der Waals surface area (Å²) in [7, 11) is 0. The molecule has 16 heavy (non-hydrogen) atoms. The largest absolute Gasteiger partial charge is 0.477 e. The van der Waals surface area contributed by atoms with Crippen LogP contribution in [-0.2, 0) is 0 Å². The zero-order valence-electron chi connectivity index (χ0n) is 8.77. The van der Waals surface area contributed by atoms with Crippen LogP contribution >= 0.6 is 11.3 Å². The Morgan fingerprint density at radius 2 is 2.38 bits per heavy atom. The SMILES string of the molecule is O=C(O)c1cnc(NCC2(CCO)CC2)s1. The molecule has 0 saturated heterocycles. The molecule has 1 fully saturated rings. The van der Waals surface area contributed by atoms with E-state index in [1.54, 1.807) is 0 Å². The highest BCUT2D eigenvalue weighted by atomic mass is 32.1. The Balaban J connectivity index is 1.87. The number of aromatic carboxylic acids is 1. The average molecular weight is 242 g/mol. The second-order valence-corrected chi connectivity index (χ2v) is 5.19. The van der Waals surface area contributed by atoms with Gasteiger partial charge in [0.1, 0.15) is 4.88 Å². The van der Waals surface area contributed by atoms with Crippen molar-refractivity contribution in [2.24, 2.45) is 5.41 Å². The molecule has 3 N–H and O–H groups in total. The van der Waals surface area contributed by atoms with Crippen molar-refractivity contribution in [1.29, 1.82) is 0 Å². The Morgan fingerprint density at radius 3 is 2.88 bits per heavy atom. The third-order valence-corrected chi connectivity index (χ3v) is 3.87. The van der Waals surface area contributed by atoms with Crippen LogP contribution in [0.4, 0.5) is 5.13 Å². The molecule has 5 nitrogen and oxygen atoms in total. The van der Waals surface area contributed by atoms with Crippen molar-refractivity contribution in [2.75, 3.05) is 18.5 Å². The van der Waals surface area contributed by atoms with Gasteiger partial charge in [-0.1, -0.05) is 11.3 Å². The highest BCUT2D eigenvalue weighted by Crippen LogP contribution is 2.48. The molecule has 1 aromatic rings. The summed E-state index contributed by atoms with van der Waals surface area (Å²) in [6.07, 6.45) is 4.41. The quantitative estimate of drug-likeness (QED) is 0.702. The van der Waals surface area contributed by atoms with Gasteiger partial charge in [0.15, 0.2) is 5.13 Å². The van der Waals surface area contributed by atoms with E-state index in [4.69, 9.17) is 10.2 Å². The molecular formula is C10H14N2O3S. The number of nitrogens with zero attached hydrogens (tertiary/aromatic N) is 1. The van der Waals surface area contributed by atoms with Gasteiger partial charge in [0.2, 0.25) is 0 Å². The number of carboxylic acids is 1. The van der Waals surface area contributed by atoms with Gasteiger partial charge in [0, 0.05) is 13.2 Å². The molecule has 88 valence electrons. The average Bonchev–Trinajstić information content (AvgIpc) is 2.84. The zero-order valence-corrected chi connectivity index (χ0v) is 9.59. The van der Waals surface area contributed by atoms with E-state index < -0.39 is 5.97 Å². The van der Waals surface area contributed by atoms with Crippen molar-refractivity contribution in [3.63, 3.8) is 0 Å². The fourth-order valence-electron chi connectivity index (χ4n) is 1.65. The maximum Gasteiger partial charge on any atom is 0.347 e. The number of nitrogens with one attached hydrogen (secondary N) is 1. The van der Waals surface area contributed by atoms with E-state index in [9.17, 15) is 4.79 Å². The summed E-state index contributed by atoms with van der Waals surface area (Å²) in [6, 6.07) is 0. The third kappa shape index (κ3) is 2.51. The van der Waals surface area contributed by atoms with E-state index in [2.05, 4.69) is 10.3 Å². The lowest BCUT2D eigenvalue weighted by atomic mass is 10.0. The predicted octanol–water partition coefficient (Wildman–Crippen LogP) is 1.42. The molecule has 0 atom stereocenters. The standard InChI is InChI=1S/C10H14N2O3S/c13-4-3-10(1-2-10)6-12-9-11-5-7(16-9)8(14)15/h5,13H,1-4,6H2,(H,11,12)(H,14,15). The van der Waals surface area contributed by atoms with Gasteiger partial charge >= 0.3 is 5.97 Å². The monoisotopic (exact) mass is 242 g/mol. The minimum Gasteiger partial charge on any atom is -0.477 e. The molecule has 0 spiro atoms. The summed E-state index contributed by atoms with van der Waals surface area (Å²) in [6.45, 7) is 0.972. The molecule has 1 heterocycles. The Morgan fingerprint density at radius 1 is 1.62 bits per heavy atom. The number of aromatic nitrogens is 1. The van der Waals surface area contributed by atoms with Crippen LogP contribution in [0.2, 0.25) is 0 Å². The predicted molar refractivity (Wildman–Crippen MR) is 60.9 cm³/mol. The first-order valence-electron chi connectivity index (χ1n) is 5.19. The minimum atomic E-state index is -0.943. The van der Waals surface area contributed by atoms with Gasteiger partial charge in [0.25, 0.3) is 0 Å². The first-order valence-corrected chi connectivity index (χ1v) is 6.01. The molecule has 1 aromatic heterocycles. The number of anilines is 1. The van der Waals surface area contributed by atoms with Crippen LogP contribution in [0.15, 0.2) is 6.20 Å². The van der Waals surface area contributed by atoms with Crippen molar-refractivity contribution in [1.82, 2.24) is 4.98 Å². The Bertz CT molecular complexity index is 387. The van der Waals surface area contributed by atoms with Crippen LogP contribution in [0.25, 0.3) is 0 Å². The Labute approximate surface area is 97.1 Å². The number of hydrogen-bond acceptors (Lipinski definition) is 5. The Kier molecular flexibility index (Phi) is 3.11. The van der Waals surface area contributed by atoms with Crippen LogP contribution in [0.3, 0.4) is 0 Å². The smallest absolute Gasteiger partial charge is 0.347 e. The second-order valence-electron chi connectivity index (χ2n) is 4.16. The van der Waals surface area contributed by atoms with Crippen molar-refractivity contribution in [3.05, 3.63) is 11.1 Å². The van der Waals surface area contributed by atoms with Crippen molar-refractivity contribution in [3.8, 4) is 0 Å². The molecule has 2 rings (SSSR count). The summed E-state index contributed by atoms with van der Waals surface area (Å²) in [4.78, 5) is 14.9. The fraction of sp³-hybridized carbons (Fsp3) is 0.600. The van der Waals surface area contributed by atoms with E-state index in [1.165, 1.54) is 6.20 Å². The molecule has 1 saturated carbocycles. The fourth-order valence-corrected chi connectivity index (χ4v) is 2.30. The van der Waals surface area contributed by atoms with E-state index in [-0.39, 0.29) is 16.9 Å². The number of carboxylic acid groups (broad SMARTS) is 1. The summed E-state index contributed by atoms with van der Waals surface area (Å²) in [5, 5.41) is 21.4. The second kappa shape index (κ2) is 4.39. The molecule has 6 heteroatoms. The van der Waals surface area contributed by atoms with Crippen LogP contribution < -0.4 is 5.32 Å². The van der Waals surface area contributed by atoms with Crippen molar-refractivity contribution in [2.45, 2.75) is 19.3 Å². The van der Waals surface area contributed by atoms with Gasteiger partial charge in [0.05, 0.1) is 6.20 Å². The molecular weight excluding hydrogens is 228 g/mol. The van der Waals surface area contributed by atoms with Crippen LogP contribution in [0, 0.1) is 5.41 Å². The van der Waals surface area contributed by atoms with E-state index in [1.807, 2.05) is 0 Å². The maximum atomic E-state index is 10.6. The topological polar surface area (TPSA) is 82.5 Å². The van der Waals surface area contributed by atoms with Crippen LogP contribution in [0.5, 0.6) is 0 Å². The number of rotatable bonds is 6. The van der Waals surface area contributed by atoms with Gasteiger partial charge in [-0.3, -0.25) is 0 Å². The molecule has 0 radical (unpaired) electrons. The summed E-state index contributed by atoms with van der Waals surface area (Å²) in [5.41, 5.74) is 0.212. The van der Waals surface area contributed by atoms with E-state index in [0.29, 0.717) is 5.13 Å². The number of aliphatic hydroxyl groups is 1. The molecule has 1 aliphatic rings. The first kappa shape index (κ1) is 11.3. The lowest BCUT2D eigenvalue weighted by Gasteiger charge is -2.13. The van der Waals surface area contributed by atoms with E-state index in [0.717, 1.165) is 37.1 Å². The molecule has 0 bridgehead atoms. The van der Waals surface area contributed by atoms with Gasteiger partial charge in [-0.25, -0.2) is 9.78 Å². The number of thiazole rings is 1. The van der Waals surface area contributed by atoms with Gasteiger partial charge < -0.3 is 15.5 Å². The molecule has 0 unspecified atom stereocenters. The number of carbonyl (C=O) groups is 1.